The fourth-order valence-corrected chi connectivity index (χ4v) is 7.82. The molecule has 32 heavy (non-hydrogen) atoms. The Bertz CT molecular complexity index is 1060. The van der Waals surface area contributed by atoms with E-state index in [0.717, 1.165) is 17.7 Å². The highest BCUT2D eigenvalue weighted by molar-refractivity contribution is 7.90. The number of nitrogens with zero attached hydrogens (tertiary/aromatic N) is 2. The minimum Gasteiger partial charge on any atom is -0.444 e. The summed E-state index contributed by atoms with van der Waals surface area (Å²) in [6, 6.07) is 5.31. The Morgan fingerprint density at radius 1 is 1.22 bits per heavy atom. The first-order valence-electron chi connectivity index (χ1n) is 11.2. The first-order valence-corrected chi connectivity index (χ1v) is 13.0. The second kappa shape index (κ2) is 8.50. The number of carbonyl (C=O) groups excluding carboxylic acids is 1. The molecule has 1 aliphatic carbocycles. The fraction of sp³-hybridized carbons (Fsp3) is 0.542. The minimum atomic E-state index is -3.61. The predicted molar refractivity (Wildman–Crippen MR) is 127 cm³/mol. The summed E-state index contributed by atoms with van der Waals surface area (Å²) in [4.78, 5) is 14.3. The maximum absolute atomic E-state index is 14.0. The van der Waals surface area contributed by atoms with Crippen LogP contribution in [0.4, 0.5) is 10.5 Å². The first-order chi connectivity index (χ1) is 15.1. The molecule has 0 N–H and O–H groups in total. The van der Waals surface area contributed by atoms with Crippen LogP contribution in [0.1, 0.15) is 52.0 Å². The Balaban J connectivity index is 1.57. The van der Waals surface area contributed by atoms with Crippen molar-refractivity contribution in [2.45, 2.75) is 63.9 Å². The number of anilines is 1. The minimum absolute atomic E-state index is 0.119. The van der Waals surface area contributed by atoms with E-state index in [1.165, 1.54) is 0 Å². The summed E-state index contributed by atoms with van der Waals surface area (Å²) in [5.41, 5.74) is 1.25. The molecule has 1 fully saturated rings. The quantitative estimate of drug-likeness (QED) is 0.577. The third-order valence-electron chi connectivity index (χ3n) is 7.50. The van der Waals surface area contributed by atoms with Gasteiger partial charge in [0.25, 0.3) is 0 Å². The fourth-order valence-electron chi connectivity index (χ4n) is 5.07. The number of cyclic esters (lactones) is 1. The highest BCUT2D eigenvalue weighted by Crippen LogP contribution is 2.47. The Morgan fingerprint density at radius 3 is 2.56 bits per heavy atom. The van der Waals surface area contributed by atoms with Gasteiger partial charge in [0, 0.05) is 29.7 Å². The van der Waals surface area contributed by atoms with Gasteiger partial charge in [-0.3, -0.25) is 4.90 Å². The van der Waals surface area contributed by atoms with Crippen LogP contribution in [0.2, 0.25) is 5.02 Å². The van der Waals surface area contributed by atoms with Gasteiger partial charge in [0.15, 0.2) is 0 Å². The van der Waals surface area contributed by atoms with E-state index >= 15 is 0 Å². The van der Waals surface area contributed by atoms with Crippen LogP contribution in [0.3, 0.4) is 0 Å². The van der Waals surface area contributed by atoms with E-state index in [2.05, 4.69) is 0 Å². The summed E-state index contributed by atoms with van der Waals surface area (Å²) in [5, 5.41) is 0.598. The molecule has 1 saturated heterocycles. The molecule has 1 amide bonds. The van der Waals surface area contributed by atoms with Crippen LogP contribution >= 0.6 is 11.6 Å². The number of hydrogen-bond donors (Lipinski definition) is 0. The van der Waals surface area contributed by atoms with Crippen molar-refractivity contribution in [1.29, 1.82) is 0 Å². The van der Waals surface area contributed by atoms with Crippen LogP contribution in [0.5, 0.6) is 0 Å². The molecule has 174 valence electrons. The molecule has 1 aromatic carbocycles. The molecule has 0 saturated carbocycles. The average Bonchev–Trinajstić information content (AvgIpc) is 2.79. The zero-order valence-corrected chi connectivity index (χ0v) is 20.5. The lowest BCUT2D eigenvalue weighted by Gasteiger charge is -2.48. The van der Waals surface area contributed by atoms with Gasteiger partial charge in [-0.25, -0.2) is 17.5 Å². The number of carbonyl (C=O) groups is 1. The molecule has 1 aromatic rings. The molecule has 2 aliphatic heterocycles. The zero-order chi connectivity index (χ0) is 23.1. The van der Waals surface area contributed by atoms with E-state index in [-0.39, 0.29) is 18.7 Å². The van der Waals surface area contributed by atoms with Crippen molar-refractivity contribution in [1.82, 2.24) is 4.31 Å². The maximum atomic E-state index is 14.0. The van der Waals surface area contributed by atoms with Crippen molar-refractivity contribution in [3.05, 3.63) is 53.1 Å². The molecule has 6 nitrogen and oxygen atoms in total. The third-order valence-corrected chi connectivity index (χ3v) is 10.6. The average molecular weight is 479 g/mol. The van der Waals surface area contributed by atoms with Crippen molar-refractivity contribution in [3.63, 3.8) is 0 Å². The van der Waals surface area contributed by atoms with Crippen LogP contribution < -0.4 is 4.90 Å². The predicted octanol–water partition coefficient (Wildman–Crippen LogP) is 5.28. The van der Waals surface area contributed by atoms with Gasteiger partial charge < -0.3 is 4.74 Å². The van der Waals surface area contributed by atoms with E-state index in [0.29, 0.717) is 37.4 Å². The SMILES string of the molecule is CCC(C)(C)C1(S(=O)(=O)N2CCC(N3C(=O)OCc4cc(Cl)ccc43)CC2)C=CC=CC1. The van der Waals surface area contributed by atoms with Gasteiger partial charge in [-0.1, -0.05) is 56.7 Å². The highest BCUT2D eigenvalue weighted by Gasteiger charge is 2.54. The van der Waals surface area contributed by atoms with Gasteiger partial charge in [0.05, 0.1) is 5.69 Å². The summed E-state index contributed by atoms with van der Waals surface area (Å²) >= 11 is 6.11. The smallest absolute Gasteiger partial charge is 0.414 e. The van der Waals surface area contributed by atoms with Crippen molar-refractivity contribution >= 4 is 33.4 Å². The van der Waals surface area contributed by atoms with E-state index < -0.39 is 20.2 Å². The number of piperidine rings is 1. The van der Waals surface area contributed by atoms with Gasteiger partial charge in [-0.2, -0.15) is 0 Å². The topological polar surface area (TPSA) is 66.9 Å². The van der Waals surface area contributed by atoms with E-state index in [9.17, 15) is 13.2 Å². The van der Waals surface area contributed by atoms with Crippen LogP contribution in [0.25, 0.3) is 0 Å². The normalized spacial score (nSPS) is 25.0. The monoisotopic (exact) mass is 478 g/mol. The standard InChI is InChI=1S/C24H31ClN2O4S/c1-4-23(2,3)24(12-6-5-7-13-24)32(29,30)26-14-10-20(11-15-26)27-21-9-8-19(25)16-18(21)17-31-22(27)28/h5-9,12,16,20H,4,10-11,13-15,17H2,1-3H3. The van der Waals surface area contributed by atoms with E-state index in [1.54, 1.807) is 15.3 Å². The first kappa shape index (κ1) is 23.3. The molecule has 8 heteroatoms. The molecule has 2 heterocycles. The zero-order valence-electron chi connectivity index (χ0n) is 18.9. The van der Waals surface area contributed by atoms with Crippen molar-refractivity contribution < 1.29 is 17.9 Å². The molecular formula is C24H31ClN2O4S. The van der Waals surface area contributed by atoms with Crippen LogP contribution in [-0.2, 0) is 21.4 Å². The molecule has 1 atom stereocenters. The second-order valence-corrected chi connectivity index (χ2v) is 12.1. The molecule has 3 aliphatic rings. The van der Waals surface area contributed by atoms with Crippen LogP contribution in [0, 0.1) is 5.41 Å². The van der Waals surface area contributed by atoms with Gasteiger partial charge in [-0.15, -0.1) is 0 Å². The number of ether oxygens (including phenoxy) is 1. The van der Waals surface area contributed by atoms with Gasteiger partial charge in [0.2, 0.25) is 10.0 Å². The van der Waals surface area contributed by atoms with Crippen LogP contribution in [0.15, 0.2) is 42.5 Å². The van der Waals surface area contributed by atoms with Crippen molar-refractivity contribution in [2.24, 2.45) is 5.41 Å². The molecule has 0 radical (unpaired) electrons. The lowest BCUT2D eigenvalue weighted by atomic mass is 9.73. The lowest BCUT2D eigenvalue weighted by Crippen LogP contribution is -2.58. The van der Waals surface area contributed by atoms with Crippen molar-refractivity contribution in [3.8, 4) is 0 Å². The van der Waals surface area contributed by atoms with Gasteiger partial charge in [-0.05, 0) is 49.3 Å². The van der Waals surface area contributed by atoms with Gasteiger partial charge in [0.1, 0.15) is 11.4 Å². The van der Waals surface area contributed by atoms with Crippen molar-refractivity contribution in [2.75, 3.05) is 18.0 Å². The molecule has 1 unspecified atom stereocenters. The molecule has 0 aromatic heterocycles. The molecular weight excluding hydrogens is 448 g/mol. The van der Waals surface area contributed by atoms with E-state index in [4.69, 9.17) is 16.3 Å². The summed E-state index contributed by atoms with van der Waals surface area (Å²) < 4.78 is 34.0. The Kier molecular flexibility index (Phi) is 6.20. The lowest BCUT2D eigenvalue weighted by molar-refractivity contribution is 0.135. The largest absolute Gasteiger partial charge is 0.444 e. The summed E-state index contributed by atoms with van der Waals surface area (Å²) in [5.74, 6) is 0. The Hall–Kier alpha value is -1.83. The van der Waals surface area contributed by atoms with Crippen LogP contribution in [-0.4, -0.2) is 42.7 Å². The number of fused-ring (bicyclic) bond motifs is 1. The summed E-state index contributed by atoms with van der Waals surface area (Å²) in [6.45, 7) is 7.06. The Morgan fingerprint density at radius 2 is 1.94 bits per heavy atom. The number of rotatable bonds is 5. The van der Waals surface area contributed by atoms with Gasteiger partial charge >= 0.3 is 6.09 Å². The number of allylic oxidation sites excluding steroid dienone is 3. The molecule has 0 bridgehead atoms. The Labute approximate surface area is 195 Å². The number of hydrogen-bond acceptors (Lipinski definition) is 4. The number of amides is 1. The van der Waals surface area contributed by atoms with E-state index in [1.807, 2.05) is 57.2 Å². The maximum Gasteiger partial charge on any atom is 0.414 e. The summed E-state index contributed by atoms with van der Waals surface area (Å²) in [7, 11) is -3.61. The number of sulfonamides is 1. The highest BCUT2D eigenvalue weighted by atomic mass is 35.5. The molecule has 4 rings (SSSR count). The molecule has 0 spiro atoms. The number of halogens is 1. The number of benzene rings is 1. The summed E-state index contributed by atoms with van der Waals surface area (Å²) in [6.07, 6.45) is 9.54. The third kappa shape index (κ3) is 3.68. The second-order valence-electron chi connectivity index (χ2n) is 9.45.